The minimum Gasteiger partial charge on any atom is -0.496 e. The number of rotatable bonds is 5. The number of ether oxygens (including phenoxy) is 2. The molecule has 32 heavy (non-hydrogen) atoms. The van der Waals surface area contributed by atoms with Crippen LogP contribution in [0.3, 0.4) is 0 Å². The van der Waals surface area contributed by atoms with E-state index < -0.39 is 5.91 Å². The third kappa shape index (κ3) is 5.41. The molecule has 1 aliphatic rings. The first-order valence-electron chi connectivity index (χ1n) is 9.97. The van der Waals surface area contributed by atoms with Crippen LogP contribution in [0, 0.1) is 0 Å². The second kappa shape index (κ2) is 10.5. The molecule has 1 fully saturated rings. The fraction of sp³-hybridized carbons (Fsp3) is 0.318. The lowest BCUT2D eigenvalue weighted by Crippen LogP contribution is -2.48. The van der Waals surface area contributed by atoms with Crippen LogP contribution in [-0.2, 0) is 4.79 Å². The average Bonchev–Trinajstić information content (AvgIpc) is 2.78. The van der Waals surface area contributed by atoms with Gasteiger partial charge in [-0.25, -0.2) is 0 Å². The molecule has 2 aromatic rings. The Kier molecular flexibility index (Phi) is 7.76. The molecule has 0 saturated carbocycles. The quantitative estimate of drug-likeness (QED) is 0.641. The van der Waals surface area contributed by atoms with E-state index >= 15 is 0 Å². The van der Waals surface area contributed by atoms with Crippen LogP contribution >= 0.6 is 23.8 Å². The van der Waals surface area contributed by atoms with E-state index in [-0.39, 0.29) is 16.6 Å². The summed E-state index contributed by atoms with van der Waals surface area (Å²) in [6.45, 7) is 4.32. The molecule has 3 rings (SSSR count). The van der Waals surface area contributed by atoms with E-state index in [2.05, 4.69) is 15.5 Å². The summed E-state index contributed by atoms with van der Waals surface area (Å²) >= 11 is 11.8. The van der Waals surface area contributed by atoms with E-state index in [4.69, 9.17) is 33.3 Å². The van der Waals surface area contributed by atoms with Gasteiger partial charge in [-0.15, -0.1) is 0 Å². The van der Waals surface area contributed by atoms with Gasteiger partial charge in [0, 0.05) is 38.8 Å². The third-order valence-corrected chi connectivity index (χ3v) is 5.66. The standard InChI is InChI=1S/C22H25ClN4O4S/c1-14(28)26-9-11-27(12-10-26)17-8-7-15(13-16(17)23)24-22(32)25-21(29)20-18(30-2)5-4-6-19(20)31-3/h4-8,13H,9-12H2,1-3H3,(H2,24,25,29,32). The van der Waals surface area contributed by atoms with Crippen molar-refractivity contribution in [2.24, 2.45) is 0 Å². The van der Waals surface area contributed by atoms with Crippen LogP contribution in [0.4, 0.5) is 11.4 Å². The molecule has 2 N–H and O–H groups in total. The Morgan fingerprint density at radius 2 is 1.66 bits per heavy atom. The summed E-state index contributed by atoms with van der Waals surface area (Å²) in [6, 6.07) is 10.5. The third-order valence-electron chi connectivity index (χ3n) is 5.15. The van der Waals surface area contributed by atoms with Crippen LogP contribution in [0.5, 0.6) is 11.5 Å². The summed E-state index contributed by atoms with van der Waals surface area (Å²) in [6.07, 6.45) is 0. The second-order valence-electron chi connectivity index (χ2n) is 7.11. The first-order chi connectivity index (χ1) is 15.3. The maximum Gasteiger partial charge on any atom is 0.264 e. The molecular weight excluding hydrogens is 452 g/mol. The fourth-order valence-corrected chi connectivity index (χ4v) is 4.02. The summed E-state index contributed by atoms with van der Waals surface area (Å²) in [5.41, 5.74) is 1.77. The van der Waals surface area contributed by atoms with Crippen LogP contribution in [-0.4, -0.2) is 62.2 Å². The number of thiocarbonyl (C=S) groups is 1. The normalized spacial score (nSPS) is 13.4. The van der Waals surface area contributed by atoms with Crippen LogP contribution in [0.25, 0.3) is 0 Å². The summed E-state index contributed by atoms with van der Waals surface area (Å²) in [5, 5.41) is 6.27. The largest absolute Gasteiger partial charge is 0.496 e. The van der Waals surface area contributed by atoms with Crippen molar-refractivity contribution >= 4 is 52.1 Å². The summed E-state index contributed by atoms with van der Waals surface area (Å²) < 4.78 is 10.5. The summed E-state index contributed by atoms with van der Waals surface area (Å²) in [4.78, 5) is 28.2. The van der Waals surface area contributed by atoms with E-state index in [1.165, 1.54) is 14.2 Å². The van der Waals surface area contributed by atoms with Gasteiger partial charge in [0.2, 0.25) is 5.91 Å². The molecule has 0 atom stereocenters. The van der Waals surface area contributed by atoms with Crippen LogP contribution in [0.15, 0.2) is 36.4 Å². The highest BCUT2D eigenvalue weighted by molar-refractivity contribution is 7.80. The first kappa shape index (κ1) is 23.6. The van der Waals surface area contributed by atoms with Gasteiger partial charge in [-0.1, -0.05) is 17.7 Å². The number of halogens is 1. The number of anilines is 2. The van der Waals surface area contributed by atoms with Gasteiger partial charge in [0.25, 0.3) is 5.91 Å². The van der Waals surface area contributed by atoms with Crippen LogP contribution in [0.2, 0.25) is 5.02 Å². The van der Waals surface area contributed by atoms with Crippen molar-refractivity contribution in [3.8, 4) is 11.5 Å². The number of benzene rings is 2. The topological polar surface area (TPSA) is 83.1 Å². The lowest BCUT2D eigenvalue weighted by atomic mass is 10.1. The highest BCUT2D eigenvalue weighted by atomic mass is 35.5. The van der Waals surface area contributed by atoms with Gasteiger partial charge in [-0.2, -0.15) is 0 Å². The molecule has 1 heterocycles. The smallest absolute Gasteiger partial charge is 0.264 e. The molecule has 1 aliphatic heterocycles. The molecule has 0 aliphatic carbocycles. The van der Waals surface area contributed by atoms with Crippen molar-refractivity contribution in [2.75, 3.05) is 50.6 Å². The van der Waals surface area contributed by atoms with Gasteiger partial charge >= 0.3 is 0 Å². The van der Waals surface area contributed by atoms with Crippen molar-refractivity contribution in [1.29, 1.82) is 0 Å². The molecule has 1 saturated heterocycles. The monoisotopic (exact) mass is 476 g/mol. The Labute approximate surface area is 197 Å². The van der Waals surface area contributed by atoms with Crippen LogP contribution in [0.1, 0.15) is 17.3 Å². The molecule has 2 amide bonds. The molecule has 0 spiro atoms. The predicted octanol–water partition coefficient (Wildman–Crippen LogP) is 3.15. The van der Waals surface area contributed by atoms with E-state index in [1.54, 1.807) is 31.2 Å². The van der Waals surface area contributed by atoms with Gasteiger partial charge in [0.05, 0.1) is 24.9 Å². The maximum absolute atomic E-state index is 12.7. The highest BCUT2D eigenvalue weighted by Crippen LogP contribution is 2.30. The molecule has 8 nitrogen and oxygen atoms in total. The van der Waals surface area contributed by atoms with Crippen molar-refractivity contribution in [1.82, 2.24) is 10.2 Å². The minimum absolute atomic E-state index is 0.0802. The average molecular weight is 477 g/mol. The lowest BCUT2D eigenvalue weighted by Gasteiger charge is -2.36. The molecule has 10 heteroatoms. The molecule has 0 radical (unpaired) electrons. The van der Waals surface area contributed by atoms with Crippen molar-refractivity contribution < 1.29 is 19.1 Å². The van der Waals surface area contributed by atoms with Crippen molar-refractivity contribution in [3.63, 3.8) is 0 Å². The van der Waals surface area contributed by atoms with Gasteiger partial charge in [-0.05, 0) is 42.5 Å². The Balaban J connectivity index is 1.65. The maximum atomic E-state index is 12.7. The van der Waals surface area contributed by atoms with E-state index in [1.807, 2.05) is 17.0 Å². The number of hydrogen-bond donors (Lipinski definition) is 2. The Morgan fingerprint density at radius 1 is 1.03 bits per heavy atom. The molecule has 2 aromatic carbocycles. The highest BCUT2D eigenvalue weighted by Gasteiger charge is 2.21. The lowest BCUT2D eigenvalue weighted by molar-refractivity contribution is -0.129. The number of nitrogens with zero attached hydrogens (tertiary/aromatic N) is 2. The summed E-state index contributed by atoms with van der Waals surface area (Å²) in [5.74, 6) is 0.378. The predicted molar refractivity (Wildman–Crippen MR) is 129 cm³/mol. The molecular formula is C22H25ClN4O4S. The number of carbonyl (C=O) groups is 2. The van der Waals surface area contributed by atoms with Crippen molar-refractivity contribution in [2.45, 2.75) is 6.92 Å². The zero-order valence-corrected chi connectivity index (χ0v) is 19.7. The molecule has 170 valence electrons. The van der Waals surface area contributed by atoms with Gasteiger partial charge in [0.1, 0.15) is 17.1 Å². The zero-order chi connectivity index (χ0) is 23.3. The van der Waals surface area contributed by atoms with Gasteiger partial charge < -0.3 is 24.6 Å². The molecule has 0 aromatic heterocycles. The Bertz CT molecular complexity index is 1000. The molecule has 0 bridgehead atoms. The van der Waals surface area contributed by atoms with E-state index in [0.717, 1.165) is 5.69 Å². The Hall–Kier alpha value is -3.04. The summed E-state index contributed by atoms with van der Waals surface area (Å²) in [7, 11) is 2.96. The van der Waals surface area contributed by atoms with E-state index in [9.17, 15) is 9.59 Å². The van der Waals surface area contributed by atoms with E-state index in [0.29, 0.717) is 48.4 Å². The number of hydrogen-bond acceptors (Lipinski definition) is 6. The zero-order valence-electron chi connectivity index (χ0n) is 18.1. The van der Waals surface area contributed by atoms with Crippen molar-refractivity contribution in [3.05, 3.63) is 47.0 Å². The number of methoxy groups -OCH3 is 2. The molecule has 0 unspecified atom stereocenters. The SMILES string of the molecule is COc1cccc(OC)c1C(=O)NC(=S)Nc1ccc(N2CCN(C(C)=O)CC2)c(Cl)c1. The number of carbonyl (C=O) groups excluding carboxylic acids is 2. The van der Waals surface area contributed by atoms with Gasteiger partial charge in [-0.3, -0.25) is 14.9 Å². The first-order valence-corrected chi connectivity index (χ1v) is 10.8. The second-order valence-corrected chi connectivity index (χ2v) is 7.92. The number of piperazine rings is 1. The number of nitrogens with one attached hydrogen (secondary N) is 2. The van der Waals surface area contributed by atoms with Gasteiger partial charge in [0.15, 0.2) is 5.11 Å². The minimum atomic E-state index is -0.456. The fourth-order valence-electron chi connectivity index (χ4n) is 3.51. The Morgan fingerprint density at radius 3 is 2.19 bits per heavy atom. The van der Waals surface area contributed by atoms with Crippen LogP contribution < -0.4 is 25.0 Å². The number of amides is 2.